The Balaban J connectivity index is 1.43. The summed E-state index contributed by atoms with van der Waals surface area (Å²) < 4.78 is 0. The molecule has 30 heavy (non-hydrogen) atoms. The predicted molar refractivity (Wildman–Crippen MR) is 120 cm³/mol. The highest BCUT2D eigenvalue weighted by Gasteiger charge is 2.31. The topological polar surface area (TPSA) is 43.9 Å². The summed E-state index contributed by atoms with van der Waals surface area (Å²) in [5.41, 5.74) is 3.52. The molecule has 2 aromatic carbocycles. The first-order chi connectivity index (χ1) is 14.5. The normalized spacial score (nSPS) is 19.3. The molecule has 2 amide bonds. The van der Waals surface area contributed by atoms with Crippen molar-refractivity contribution >= 4 is 11.8 Å². The van der Waals surface area contributed by atoms with Crippen molar-refractivity contribution < 1.29 is 9.59 Å². The SMILES string of the molecule is CN(C)C(=O)c1ccc(-c2ccc(C(=O)N3CCC[C@H]3CN3CCCC3)cc2)cc1. The lowest BCUT2D eigenvalue weighted by Gasteiger charge is -2.28. The minimum Gasteiger partial charge on any atom is -0.345 e. The van der Waals surface area contributed by atoms with E-state index in [1.165, 1.54) is 25.9 Å². The van der Waals surface area contributed by atoms with Crippen molar-refractivity contribution in [2.24, 2.45) is 0 Å². The lowest BCUT2D eigenvalue weighted by molar-refractivity contribution is 0.0708. The van der Waals surface area contributed by atoms with Gasteiger partial charge in [-0.1, -0.05) is 24.3 Å². The van der Waals surface area contributed by atoms with Gasteiger partial charge in [0.15, 0.2) is 0 Å². The second kappa shape index (κ2) is 9.00. The summed E-state index contributed by atoms with van der Waals surface area (Å²) in [6, 6.07) is 15.8. The molecule has 5 nitrogen and oxygen atoms in total. The van der Waals surface area contributed by atoms with E-state index in [9.17, 15) is 9.59 Å². The average molecular weight is 406 g/mol. The van der Waals surface area contributed by atoms with Crippen molar-refractivity contribution in [3.05, 3.63) is 59.7 Å². The number of carbonyl (C=O) groups is 2. The smallest absolute Gasteiger partial charge is 0.254 e. The quantitative estimate of drug-likeness (QED) is 0.761. The van der Waals surface area contributed by atoms with Crippen molar-refractivity contribution in [1.29, 1.82) is 0 Å². The Morgan fingerprint density at radius 3 is 1.97 bits per heavy atom. The highest BCUT2D eigenvalue weighted by molar-refractivity contribution is 5.96. The zero-order valence-corrected chi connectivity index (χ0v) is 18.0. The van der Waals surface area contributed by atoms with Gasteiger partial charge in [0, 0.05) is 44.4 Å². The van der Waals surface area contributed by atoms with Gasteiger partial charge in [0.1, 0.15) is 0 Å². The number of benzene rings is 2. The maximum Gasteiger partial charge on any atom is 0.254 e. The summed E-state index contributed by atoms with van der Waals surface area (Å²) in [6.45, 7) is 4.22. The Kier molecular flexibility index (Phi) is 6.18. The number of likely N-dealkylation sites (tertiary alicyclic amines) is 2. The Labute approximate surface area is 179 Å². The third kappa shape index (κ3) is 4.41. The highest BCUT2D eigenvalue weighted by atomic mass is 16.2. The van der Waals surface area contributed by atoms with Gasteiger partial charge in [-0.25, -0.2) is 0 Å². The number of amides is 2. The monoisotopic (exact) mass is 405 g/mol. The minimum atomic E-state index is -0.00316. The second-order valence-corrected chi connectivity index (χ2v) is 8.66. The van der Waals surface area contributed by atoms with Crippen LogP contribution in [0, 0.1) is 0 Å². The lowest BCUT2D eigenvalue weighted by Crippen LogP contribution is -2.42. The molecule has 0 radical (unpaired) electrons. The molecule has 0 bridgehead atoms. The zero-order chi connectivity index (χ0) is 21.1. The fraction of sp³-hybridized carbons (Fsp3) is 0.440. The molecular formula is C25H31N3O2. The van der Waals surface area contributed by atoms with Gasteiger partial charge in [-0.05, 0) is 74.2 Å². The van der Waals surface area contributed by atoms with E-state index in [0.29, 0.717) is 11.6 Å². The van der Waals surface area contributed by atoms with Crippen molar-refractivity contribution in [3.63, 3.8) is 0 Å². The van der Waals surface area contributed by atoms with Crippen molar-refractivity contribution in [1.82, 2.24) is 14.7 Å². The van der Waals surface area contributed by atoms with Gasteiger partial charge in [-0.3, -0.25) is 9.59 Å². The highest BCUT2D eigenvalue weighted by Crippen LogP contribution is 2.25. The summed E-state index contributed by atoms with van der Waals surface area (Å²) in [4.78, 5) is 31.3. The van der Waals surface area contributed by atoms with Crippen LogP contribution in [0.2, 0.25) is 0 Å². The molecule has 158 valence electrons. The summed E-state index contributed by atoms with van der Waals surface area (Å²) in [5, 5.41) is 0. The van der Waals surface area contributed by atoms with Gasteiger partial charge in [0.2, 0.25) is 0 Å². The third-order valence-electron chi connectivity index (χ3n) is 6.31. The van der Waals surface area contributed by atoms with Crippen LogP contribution in [0.3, 0.4) is 0 Å². The van der Waals surface area contributed by atoms with Gasteiger partial charge >= 0.3 is 0 Å². The third-order valence-corrected chi connectivity index (χ3v) is 6.31. The first kappa shape index (κ1) is 20.6. The van der Waals surface area contributed by atoms with E-state index in [1.54, 1.807) is 19.0 Å². The molecule has 4 rings (SSSR count). The summed E-state index contributed by atoms with van der Waals surface area (Å²) in [6.07, 6.45) is 4.78. The van der Waals surface area contributed by atoms with Crippen LogP contribution >= 0.6 is 0 Å². The molecule has 2 heterocycles. The van der Waals surface area contributed by atoms with Crippen molar-refractivity contribution in [2.45, 2.75) is 31.7 Å². The summed E-state index contributed by atoms with van der Waals surface area (Å²) in [7, 11) is 3.50. The Bertz CT molecular complexity index is 884. The minimum absolute atomic E-state index is 0.00316. The number of nitrogens with zero attached hydrogens (tertiary/aromatic N) is 3. The van der Waals surface area contributed by atoms with E-state index in [0.717, 1.165) is 42.6 Å². The molecule has 2 aliphatic rings. The molecule has 2 aliphatic heterocycles. The van der Waals surface area contributed by atoms with E-state index < -0.39 is 0 Å². The summed E-state index contributed by atoms with van der Waals surface area (Å²) in [5.74, 6) is 0.145. The molecule has 0 unspecified atom stereocenters. The van der Waals surface area contributed by atoms with E-state index >= 15 is 0 Å². The van der Waals surface area contributed by atoms with Gasteiger partial charge in [0.05, 0.1) is 0 Å². The van der Waals surface area contributed by atoms with Gasteiger partial charge < -0.3 is 14.7 Å². The molecule has 0 spiro atoms. The standard InChI is InChI=1S/C25H31N3O2/c1-26(2)24(29)21-11-7-19(8-12-21)20-9-13-22(14-10-20)25(30)28-17-5-6-23(28)18-27-15-3-4-16-27/h7-14,23H,3-6,15-18H2,1-2H3/t23-/m0/s1. The molecule has 2 saturated heterocycles. The molecule has 0 saturated carbocycles. The van der Waals surface area contributed by atoms with Crippen LogP contribution in [0.1, 0.15) is 46.4 Å². The van der Waals surface area contributed by atoms with Crippen LogP contribution in [0.15, 0.2) is 48.5 Å². The zero-order valence-electron chi connectivity index (χ0n) is 18.0. The van der Waals surface area contributed by atoms with Gasteiger partial charge in [-0.2, -0.15) is 0 Å². The van der Waals surface area contributed by atoms with Gasteiger partial charge in [0.25, 0.3) is 11.8 Å². The molecule has 0 aromatic heterocycles. The molecule has 2 aromatic rings. The Morgan fingerprint density at radius 1 is 0.833 bits per heavy atom. The fourth-order valence-corrected chi connectivity index (χ4v) is 4.59. The number of carbonyl (C=O) groups excluding carboxylic acids is 2. The fourth-order valence-electron chi connectivity index (χ4n) is 4.59. The number of rotatable bonds is 5. The number of hydrogen-bond donors (Lipinski definition) is 0. The van der Waals surface area contributed by atoms with E-state index in [2.05, 4.69) is 9.80 Å². The molecule has 0 N–H and O–H groups in total. The molecule has 0 aliphatic carbocycles. The Hall–Kier alpha value is -2.66. The molecule has 2 fully saturated rings. The van der Waals surface area contributed by atoms with Gasteiger partial charge in [-0.15, -0.1) is 0 Å². The van der Waals surface area contributed by atoms with E-state index in [4.69, 9.17) is 0 Å². The second-order valence-electron chi connectivity index (χ2n) is 8.66. The van der Waals surface area contributed by atoms with Crippen molar-refractivity contribution in [2.75, 3.05) is 40.3 Å². The van der Waals surface area contributed by atoms with Crippen LogP contribution in [0.25, 0.3) is 11.1 Å². The van der Waals surface area contributed by atoms with Crippen LogP contribution in [-0.4, -0.2) is 72.8 Å². The lowest BCUT2D eigenvalue weighted by atomic mass is 10.0. The maximum atomic E-state index is 13.1. The van der Waals surface area contributed by atoms with Crippen LogP contribution in [0.4, 0.5) is 0 Å². The van der Waals surface area contributed by atoms with Crippen LogP contribution < -0.4 is 0 Å². The molecular weight excluding hydrogens is 374 g/mol. The molecule has 5 heteroatoms. The average Bonchev–Trinajstić information content (AvgIpc) is 3.45. The molecule has 1 atom stereocenters. The van der Waals surface area contributed by atoms with Crippen molar-refractivity contribution in [3.8, 4) is 11.1 Å². The first-order valence-electron chi connectivity index (χ1n) is 11.0. The largest absolute Gasteiger partial charge is 0.345 e. The van der Waals surface area contributed by atoms with E-state index in [-0.39, 0.29) is 11.8 Å². The van der Waals surface area contributed by atoms with Crippen LogP contribution in [0.5, 0.6) is 0 Å². The van der Waals surface area contributed by atoms with E-state index in [1.807, 2.05) is 48.5 Å². The number of hydrogen-bond acceptors (Lipinski definition) is 3. The van der Waals surface area contributed by atoms with Crippen LogP contribution in [-0.2, 0) is 0 Å². The maximum absolute atomic E-state index is 13.1. The first-order valence-corrected chi connectivity index (χ1v) is 11.0. The Morgan fingerprint density at radius 2 is 1.40 bits per heavy atom. The predicted octanol–water partition coefficient (Wildman–Crippen LogP) is 3.76. The summed E-state index contributed by atoms with van der Waals surface area (Å²) >= 11 is 0.